The molecule has 0 saturated carbocycles. The Balaban J connectivity index is 1.46. The molecule has 3 aromatic rings. The first-order chi connectivity index (χ1) is 12.7. The largest absolute Gasteiger partial charge is 0.361 e. The lowest BCUT2D eigenvalue weighted by Gasteiger charge is -2.32. The maximum Gasteiger partial charge on any atom is 0.230 e. The SMILES string of the molecule is Cc1cc(CC(=O)N2Cc3[nH]cnc3C(CCc3ccccc3)C2)on1. The highest BCUT2D eigenvalue weighted by Crippen LogP contribution is 2.30. The number of aryl methyl sites for hydroxylation is 2. The van der Waals surface area contributed by atoms with Gasteiger partial charge in [0.15, 0.2) is 0 Å². The van der Waals surface area contributed by atoms with Gasteiger partial charge in [-0.15, -0.1) is 0 Å². The Bertz CT molecular complexity index is 884. The number of aromatic nitrogens is 3. The fourth-order valence-electron chi connectivity index (χ4n) is 3.58. The molecule has 26 heavy (non-hydrogen) atoms. The molecule has 1 amide bonds. The number of imidazole rings is 1. The lowest BCUT2D eigenvalue weighted by atomic mass is 9.91. The predicted molar refractivity (Wildman–Crippen MR) is 96.5 cm³/mol. The van der Waals surface area contributed by atoms with Crippen molar-refractivity contribution in [2.45, 2.75) is 38.6 Å². The van der Waals surface area contributed by atoms with E-state index in [0.29, 0.717) is 18.8 Å². The second-order valence-electron chi connectivity index (χ2n) is 6.87. The molecule has 2 aromatic heterocycles. The Hall–Kier alpha value is -2.89. The van der Waals surface area contributed by atoms with E-state index in [1.54, 1.807) is 6.33 Å². The highest BCUT2D eigenvalue weighted by Gasteiger charge is 2.30. The number of rotatable bonds is 5. The second-order valence-corrected chi connectivity index (χ2v) is 6.87. The van der Waals surface area contributed by atoms with Crippen LogP contribution in [0.4, 0.5) is 0 Å². The number of benzene rings is 1. The Morgan fingerprint density at radius 1 is 1.35 bits per heavy atom. The van der Waals surface area contributed by atoms with Gasteiger partial charge < -0.3 is 14.4 Å². The smallest absolute Gasteiger partial charge is 0.230 e. The molecule has 3 heterocycles. The van der Waals surface area contributed by atoms with Crippen molar-refractivity contribution >= 4 is 5.91 Å². The number of fused-ring (bicyclic) bond motifs is 1. The van der Waals surface area contributed by atoms with Gasteiger partial charge in [-0.1, -0.05) is 35.5 Å². The van der Waals surface area contributed by atoms with E-state index < -0.39 is 0 Å². The summed E-state index contributed by atoms with van der Waals surface area (Å²) in [6, 6.07) is 12.3. The Morgan fingerprint density at radius 3 is 2.96 bits per heavy atom. The molecule has 6 heteroatoms. The van der Waals surface area contributed by atoms with Crippen molar-refractivity contribution in [3.05, 3.63) is 71.1 Å². The van der Waals surface area contributed by atoms with Gasteiger partial charge in [-0.05, 0) is 25.3 Å². The number of amides is 1. The van der Waals surface area contributed by atoms with E-state index in [1.807, 2.05) is 24.0 Å². The van der Waals surface area contributed by atoms with Gasteiger partial charge in [0.25, 0.3) is 0 Å². The van der Waals surface area contributed by atoms with Crippen molar-refractivity contribution in [2.24, 2.45) is 0 Å². The number of hydrogen-bond acceptors (Lipinski definition) is 4. The highest BCUT2D eigenvalue weighted by atomic mass is 16.5. The fourth-order valence-corrected chi connectivity index (χ4v) is 3.58. The molecular weight excluding hydrogens is 328 g/mol. The molecule has 0 spiro atoms. The van der Waals surface area contributed by atoms with Crippen molar-refractivity contribution in [1.82, 2.24) is 20.0 Å². The number of nitrogens with one attached hydrogen (secondary N) is 1. The summed E-state index contributed by atoms with van der Waals surface area (Å²) in [5.74, 6) is 0.917. The average molecular weight is 350 g/mol. The molecule has 1 N–H and O–H groups in total. The molecule has 1 unspecified atom stereocenters. The van der Waals surface area contributed by atoms with E-state index in [1.165, 1.54) is 5.56 Å². The summed E-state index contributed by atoms with van der Waals surface area (Å²) in [5, 5.41) is 3.86. The average Bonchev–Trinajstić information content (AvgIpc) is 3.29. The maximum atomic E-state index is 12.7. The highest BCUT2D eigenvalue weighted by molar-refractivity contribution is 5.78. The minimum absolute atomic E-state index is 0.0612. The van der Waals surface area contributed by atoms with Crippen LogP contribution in [0.25, 0.3) is 0 Å². The molecule has 6 nitrogen and oxygen atoms in total. The van der Waals surface area contributed by atoms with Crippen molar-refractivity contribution in [2.75, 3.05) is 6.54 Å². The van der Waals surface area contributed by atoms with Crippen LogP contribution in [0.2, 0.25) is 0 Å². The zero-order chi connectivity index (χ0) is 17.9. The number of carbonyl (C=O) groups is 1. The van der Waals surface area contributed by atoms with E-state index in [-0.39, 0.29) is 18.2 Å². The molecule has 0 bridgehead atoms. The van der Waals surface area contributed by atoms with Crippen molar-refractivity contribution in [3.63, 3.8) is 0 Å². The Kier molecular flexibility index (Phi) is 4.56. The van der Waals surface area contributed by atoms with Gasteiger partial charge in [0, 0.05) is 18.5 Å². The van der Waals surface area contributed by atoms with Crippen LogP contribution in [0, 0.1) is 6.92 Å². The zero-order valence-corrected chi connectivity index (χ0v) is 14.8. The topological polar surface area (TPSA) is 75.0 Å². The van der Waals surface area contributed by atoms with Gasteiger partial charge in [0.05, 0.1) is 36.4 Å². The second kappa shape index (κ2) is 7.15. The van der Waals surface area contributed by atoms with Crippen LogP contribution < -0.4 is 0 Å². The van der Waals surface area contributed by atoms with Gasteiger partial charge in [-0.3, -0.25) is 4.79 Å². The summed E-state index contributed by atoms with van der Waals surface area (Å²) in [6.07, 6.45) is 3.91. The fraction of sp³-hybridized carbons (Fsp3) is 0.350. The van der Waals surface area contributed by atoms with Gasteiger partial charge >= 0.3 is 0 Å². The minimum Gasteiger partial charge on any atom is -0.361 e. The standard InChI is InChI=1S/C20H22N4O2/c1-14-9-17(26-23-14)10-19(25)24-11-16(20-18(12-24)21-13-22-20)8-7-15-5-3-2-4-6-15/h2-6,9,13,16H,7-8,10-12H2,1H3,(H,21,22). The number of carbonyl (C=O) groups excluding carboxylic acids is 1. The first-order valence-corrected chi connectivity index (χ1v) is 8.95. The Labute approximate surface area is 152 Å². The van der Waals surface area contributed by atoms with E-state index >= 15 is 0 Å². The molecule has 0 saturated heterocycles. The summed E-state index contributed by atoms with van der Waals surface area (Å²) < 4.78 is 5.19. The Morgan fingerprint density at radius 2 is 2.19 bits per heavy atom. The molecular formula is C20H22N4O2. The van der Waals surface area contributed by atoms with Crippen LogP contribution in [-0.2, 0) is 24.2 Å². The maximum absolute atomic E-state index is 12.7. The third-order valence-electron chi connectivity index (χ3n) is 4.91. The van der Waals surface area contributed by atoms with Crippen molar-refractivity contribution in [3.8, 4) is 0 Å². The van der Waals surface area contributed by atoms with E-state index in [0.717, 1.165) is 29.9 Å². The number of H-pyrrole nitrogens is 1. The quantitative estimate of drug-likeness (QED) is 0.767. The van der Waals surface area contributed by atoms with Gasteiger partial charge in [0.2, 0.25) is 5.91 Å². The number of aromatic amines is 1. The number of hydrogen-bond donors (Lipinski definition) is 1. The van der Waals surface area contributed by atoms with Crippen LogP contribution in [0.1, 0.15) is 40.7 Å². The number of nitrogens with zero attached hydrogens (tertiary/aromatic N) is 3. The molecule has 0 fully saturated rings. The van der Waals surface area contributed by atoms with Crippen LogP contribution in [-0.4, -0.2) is 32.5 Å². The summed E-state index contributed by atoms with van der Waals surface area (Å²) in [7, 11) is 0. The van der Waals surface area contributed by atoms with Crippen LogP contribution in [0.15, 0.2) is 47.2 Å². The molecule has 134 valence electrons. The lowest BCUT2D eigenvalue weighted by Crippen LogP contribution is -2.39. The predicted octanol–water partition coefficient (Wildman–Crippen LogP) is 3.01. The molecule has 0 aliphatic carbocycles. The van der Waals surface area contributed by atoms with Gasteiger partial charge in [0.1, 0.15) is 5.76 Å². The van der Waals surface area contributed by atoms with Crippen LogP contribution in [0.5, 0.6) is 0 Å². The lowest BCUT2D eigenvalue weighted by molar-refractivity contribution is -0.132. The van der Waals surface area contributed by atoms with E-state index in [4.69, 9.17) is 4.52 Å². The molecule has 1 aromatic carbocycles. The van der Waals surface area contributed by atoms with Crippen molar-refractivity contribution < 1.29 is 9.32 Å². The molecule has 1 atom stereocenters. The summed E-state index contributed by atoms with van der Waals surface area (Å²) >= 11 is 0. The molecule has 1 aliphatic heterocycles. The van der Waals surface area contributed by atoms with Crippen molar-refractivity contribution in [1.29, 1.82) is 0 Å². The first kappa shape index (κ1) is 16.6. The molecule has 0 radical (unpaired) electrons. The third kappa shape index (κ3) is 3.54. The summed E-state index contributed by atoms with van der Waals surface area (Å²) in [6.45, 7) is 3.12. The zero-order valence-electron chi connectivity index (χ0n) is 14.8. The van der Waals surface area contributed by atoms with Gasteiger partial charge in [-0.25, -0.2) is 4.98 Å². The van der Waals surface area contributed by atoms with E-state index in [2.05, 4.69) is 39.4 Å². The molecule has 4 rings (SSSR count). The summed E-state index contributed by atoms with van der Waals surface area (Å²) in [4.78, 5) is 22.3. The summed E-state index contributed by atoms with van der Waals surface area (Å²) in [5.41, 5.74) is 4.24. The monoisotopic (exact) mass is 350 g/mol. The van der Waals surface area contributed by atoms with Crippen LogP contribution >= 0.6 is 0 Å². The first-order valence-electron chi connectivity index (χ1n) is 8.95. The van der Waals surface area contributed by atoms with Crippen LogP contribution in [0.3, 0.4) is 0 Å². The third-order valence-corrected chi connectivity index (χ3v) is 4.91. The normalized spacial score (nSPS) is 16.5. The van der Waals surface area contributed by atoms with E-state index in [9.17, 15) is 4.79 Å². The van der Waals surface area contributed by atoms with Gasteiger partial charge in [-0.2, -0.15) is 0 Å². The minimum atomic E-state index is 0.0612. The molecule has 1 aliphatic rings.